The molecule has 1 spiro atoms. The first kappa shape index (κ1) is 16.2. The summed E-state index contributed by atoms with van der Waals surface area (Å²) in [6.45, 7) is 3.47. The highest BCUT2D eigenvalue weighted by Crippen LogP contribution is 2.48. The van der Waals surface area contributed by atoms with E-state index in [2.05, 4.69) is 16.3 Å². The van der Waals surface area contributed by atoms with Gasteiger partial charge in [0.2, 0.25) is 0 Å². The number of imide groups is 1. The first-order chi connectivity index (χ1) is 12.7. The minimum absolute atomic E-state index is 0.310. The van der Waals surface area contributed by atoms with E-state index in [0.29, 0.717) is 35.5 Å². The first-order valence-corrected chi connectivity index (χ1v) is 9.15. The molecule has 138 valence electrons. The summed E-state index contributed by atoms with van der Waals surface area (Å²) in [7, 11) is 0. The van der Waals surface area contributed by atoms with Crippen molar-refractivity contribution in [2.45, 2.75) is 25.5 Å². The van der Waals surface area contributed by atoms with Gasteiger partial charge in [0.05, 0.1) is 17.7 Å². The predicted molar refractivity (Wildman–Crippen MR) is 92.0 cm³/mol. The maximum Gasteiger partial charge on any atom is 0.265 e. The van der Waals surface area contributed by atoms with Crippen LogP contribution in [0, 0.1) is 11.3 Å². The topological polar surface area (TPSA) is 91.9 Å². The molecule has 3 aliphatic heterocycles. The molecule has 8 nitrogen and oxygen atoms in total. The van der Waals surface area contributed by atoms with E-state index >= 15 is 0 Å². The van der Waals surface area contributed by atoms with Gasteiger partial charge < -0.3 is 10.6 Å². The van der Waals surface area contributed by atoms with E-state index in [0.717, 1.165) is 25.3 Å². The van der Waals surface area contributed by atoms with Gasteiger partial charge in [0.25, 0.3) is 11.8 Å². The maximum absolute atomic E-state index is 12.9. The molecule has 2 saturated heterocycles. The summed E-state index contributed by atoms with van der Waals surface area (Å²) >= 11 is 0. The number of fused-ring (bicyclic) bond motifs is 1. The van der Waals surface area contributed by atoms with Gasteiger partial charge in [-0.25, -0.2) is 4.90 Å². The molecule has 3 fully saturated rings. The molecule has 26 heavy (non-hydrogen) atoms. The van der Waals surface area contributed by atoms with Crippen LogP contribution in [0.15, 0.2) is 18.2 Å². The number of rotatable bonds is 4. The van der Waals surface area contributed by atoms with Crippen molar-refractivity contribution in [3.05, 3.63) is 29.3 Å². The minimum atomic E-state index is -0.651. The predicted octanol–water partition coefficient (Wildman–Crippen LogP) is 0.877. The molecule has 0 radical (unpaired) electrons. The Morgan fingerprint density at radius 1 is 1.23 bits per heavy atom. The van der Waals surface area contributed by atoms with Crippen molar-refractivity contribution < 1.29 is 19.3 Å². The molecule has 1 atom stereocenters. The van der Waals surface area contributed by atoms with Gasteiger partial charge in [0.1, 0.15) is 0 Å². The van der Waals surface area contributed by atoms with Crippen molar-refractivity contribution in [1.82, 2.24) is 15.9 Å². The molecule has 4 aliphatic rings. The molecule has 5 rings (SSSR count). The summed E-state index contributed by atoms with van der Waals surface area (Å²) in [6.07, 6.45) is 2.24. The average molecular weight is 358 g/mol. The third kappa shape index (κ3) is 2.44. The quantitative estimate of drug-likeness (QED) is 0.688. The maximum atomic E-state index is 12.9. The van der Waals surface area contributed by atoms with Gasteiger partial charge in [0, 0.05) is 31.7 Å². The lowest BCUT2D eigenvalue weighted by Gasteiger charge is -2.54. The molecule has 1 aromatic carbocycles. The Bertz CT molecular complexity index is 750. The molecule has 1 saturated carbocycles. The van der Waals surface area contributed by atoms with Crippen molar-refractivity contribution >= 4 is 17.5 Å². The Kier molecular flexibility index (Phi) is 3.75. The first-order valence-electron chi connectivity index (χ1n) is 9.15. The Balaban J connectivity index is 1.31. The van der Waals surface area contributed by atoms with E-state index in [1.54, 1.807) is 6.07 Å². The van der Waals surface area contributed by atoms with Crippen LogP contribution >= 0.6 is 0 Å². The lowest BCUT2D eigenvalue weighted by Crippen LogP contribution is -2.61. The van der Waals surface area contributed by atoms with E-state index < -0.39 is 6.23 Å². The molecule has 3 N–H and O–H groups in total. The normalized spacial score (nSPS) is 27.2. The SMILES string of the molecule is O=C1c2cccc(NCC3CC4(CNC4)C3)c2C(=O)N1C1CCONO1. The van der Waals surface area contributed by atoms with Crippen LogP contribution < -0.4 is 16.3 Å². The molecule has 3 heterocycles. The van der Waals surface area contributed by atoms with Crippen molar-refractivity contribution in [3.8, 4) is 0 Å². The van der Waals surface area contributed by atoms with Crippen molar-refractivity contribution in [1.29, 1.82) is 0 Å². The third-order valence-corrected chi connectivity index (χ3v) is 5.97. The number of benzene rings is 1. The second-order valence-electron chi connectivity index (χ2n) is 7.76. The van der Waals surface area contributed by atoms with Crippen molar-refractivity contribution in [2.24, 2.45) is 11.3 Å². The Hall–Kier alpha value is -2.00. The fourth-order valence-electron chi connectivity index (χ4n) is 4.57. The Morgan fingerprint density at radius 3 is 2.77 bits per heavy atom. The lowest BCUT2D eigenvalue weighted by atomic mass is 9.58. The molecule has 1 unspecified atom stereocenters. The smallest absolute Gasteiger partial charge is 0.265 e. The van der Waals surface area contributed by atoms with Crippen LogP contribution in [0.4, 0.5) is 5.69 Å². The van der Waals surface area contributed by atoms with E-state index in [4.69, 9.17) is 9.68 Å². The molecule has 2 amide bonds. The molecular formula is C18H22N4O4. The second kappa shape index (κ2) is 6.02. The summed E-state index contributed by atoms with van der Waals surface area (Å²) in [6, 6.07) is 5.39. The molecule has 0 bridgehead atoms. The van der Waals surface area contributed by atoms with Crippen LogP contribution in [-0.2, 0) is 9.68 Å². The monoisotopic (exact) mass is 358 g/mol. The molecule has 0 aromatic heterocycles. The number of nitrogens with one attached hydrogen (secondary N) is 3. The van der Waals surface area contributed by atoms with Gasteiger partial charge in [-0.3, -0.25) is 19.3 Å². The second-order valence-corrected chi connectivity index (χ2v) is 7.76. The molecule has 1 aliphatic carbocycles. The number of hydrogen-bond acceptors (Lipinski definition) is 7. The average Bonchev–Trinajstić information content (AvgIpc) is 2.85. The summed E-state index contributed by atoms with van der Waals surface area (Å²) in [5.41, 5.74) is 4.45. The zero-order valence-corrected chi connectivity index (χ0v) is 14.4. The number of carbonyl (C=O) groups is 2. The van der Waals surface area contributed by atoms with Gasteiger partial charge in [-0.1, -0.05) is 11.7 Å². The largest absolute Gasteiger partial charge is 0.384 e. The summed E-state index contributed by atoms with van der Waals surface area (Å²) in [5.74, 6) is -0.000135. The number of hydrogen-bond donors (Lipinski definition) is 3. The van der Waals surface area contributed by atoms with E-state index in [9.17, 15) is 9.59 Å². The summed E-state index contributed by atoms with van der Waals surface area (Å²) in [4.78, 5) is 37.0. The van der Waals surface area contributed by atoms with Crippen LogP contribution in [0.25, 0.3) is 0 Å². The van der Waals surface area contributed by atoms with Crippen molar-refractivity contribution in [2.75, 3.05) is 31.6 Å². The van der Waals surface area contributed by atoms with Gasteiger partial charge >= 0.3 is 0 Å². The molecular weight excluding hydrogens is 336 g/mol. The highest BCUT2D eigenvalue weighted by molar-refractivity contribution is 6.23. The van der Waals surface area contributed by atoms with E-state index in [1.165, 1.54) is 17.7 Å². The van der Waals surface area contributed by atoms with Crippen LogP contribution in [0.2, 0.25) is 0 Å². The highest BCUT2D eigenvalue weighted by Gasteiger charge is 2.48. The number of anilines is 1. The minimum Gasteiger partial charge on any atom is -0.384 e. The van der Waals surface area contributed by atoms with Gasteiger partial charge in [-0.15, -0.1) is 0 Å². The summed E-state index contributed by atoms with van der Waals surface area (Å²) in [5, 5.41) is 6.75. The fourth-order valence-corrected chi connectivity index (χ4v) is 4.57. The zero-order valence-electron chi connectivity index (χ0n) is 14.4. The zero-order chi connectivity index (χ0) is 17.7. The van der Waals surface area contributed by atoms with Crippen LogP contribution in [0.5, 0.6) is 0 Å². The van der Waals surface area contributed by atoms with Crippen LogP contribution in [0.3, 0.4) is 0 Å². The number of amides is 2. The standard InChI is InChI=1S/C18H22N4O4/c23-16-12-2-1-3-13(20-8-11-6-18(7-11)9-19-10-18)15(12)17(24)22(16)14-4-5-25-21-26-14/h1-3,11,14,19-21H,4-10H2. The van der Waals surface area contributed by atoms with Crippen LogP contribution in [-0.4, -0.2) is 49.2 Å². The molecule has 8 heteroatoms. The summed E-state index contributed by atoms with van der Waals surface area (Å²) < 4.78 is 0. The third-order valence-electron chi connectivity index (χ3n) is 5.97. The van der Waals surface area contributed by atoms with E-state index in [1.807, 2.05) is 12.1 Å². The van der Waals surface area contributed by atoms with E-state index in [-0.39, 0.29) is 11.8 Å². The van der Waals surface area contributed by atoms with Gasteiger partial charge in [-0.2, -0.15) is 0 Å². The highest BCUT2D eigenvalue weighted by atomic mass is 16.9. The fraction of sp³-hybridized carbons (Fsp3) is 0.556. The lowest BCUT2D eigenvalue weighted by molar-refractivity contribution is -0.259. The van der Waals surface area contributed by atoms with Gasteiger partial charge in [-0.05, 0) is 36.3 Å². The van der Waals surface area contributed by atoms with Crippen molar-refractivity contribution in [3.63, 3.8) is 0 Å². The Morgan fingerprint density at radius 2 is 2.08 bits per heavy atom. The number of nitrogens with zero attached hydrogens (tertiary/aromatic N) is 1. The molecule has 1 aromatic rings. The van der Waals surface area contributed by atoms with Crippen LogP contribution in [0.1, 0.15) is 40.0 Å². The number of carbonyl (C=O) groups excluding carboxylic acids is 2. The van der Waals surface area contributed by atoms with Gasteiger partial charge in [0.15, 0.2) is 6.23 Å². The Labute approximate surface area is 151 Å².